The molecule has 1 fully saturated rings. The number of nitrogen functional groups attached to an aromatic ring is 1. The average molecular weight is 428 g/mol. The van der Waals surface area contributed by atoms with E-state index in [0.29, 0.717) is 11.7 Å². The maximum Gasteiger partial charge on any atom is 0.225 e. The van der Waals surface area contributed by atoms with Gasteiger partial charge in [-0.05, 0) is 42.1 Å². The number of hydrogen-bond acceptors (Lipinski definition) is 5. The molecule has 4 rings (SSSR count). The lowest BCUT2D eigenvalue weighted by Gasteiger charge is -2.53. The van der Waals surface area contributed by atoms with Gasteiger partial charge in [0.25, 0.3) is 0 Å². The molecule has 1 heterocycles. The van der Waals surface area contributed by atoms with Crippen LogP contribution in [0, 0.1) is 23.2 Å². The summed E-state index contributed by atoms with van der Waals surface area (Å²) in [6.45, 7) is 7.03. The van der Waals surface area contributed by atoms with Crippen molar-refractivity contribution in [1.82, 2.24) is 9.88 Å². The molecule has 2 aromatic rings. The molecule has 0 bridgehead atoms. The molecular formula is C24H33N3O2S. The van der Waals surface area contributed by atoms with Gasteiger partial charge in [0.05, 0.1) is 11.8 Å². The highest BCUT2D eigenvalue weighted by Gasteiger charge is 2.54. The van der Waals surface area contributed by atoms with Crippen LogP contribution in [0.15, 0.2) is 30.3 Å². The Labute approximate surface area is 183 Å². The Morgan fingerprint density at radius 3 is 2.80 bits per heavy atom. The molecular weight excluding hydrogens is 394 g/mol. The third kappa shape index (κ3) is 3.65. The second kappa shape index (κ2) is 7.97. The lowest BCUT2D eigenvalue weighted by Crippen LogP contribution is -2.53. The van der Waals surface area contributed by atoms with E-state index in [1.54, 1.807) is 16.2 Å². The zero-order valence-electron chi connectivity index (χ0n) is 18.3. The zero-order valence-corrected chi connectivity index (χ0v) is 19.2. The molecule has 5 nitrogen and oxygen atoms in total. The summed E-state index contributed by atoms with van der Waals surface area (Å²) >= 11 is 1.59. The minimum Gasteiger partial charge on any atom is -0.392 e. The van der Waals surface area contributed by atoms with Crippen LogP contribution in [-0.2, 0) is 17.8 Å². The topological polar surface area (TPSA) is 79.5 Å². The van der Waals surface area contributed by atoms with E-state index in [9.17, 15) is 9.90 Å². The highest BCUT2D eigenvalue weighted by atomic mass is 32.1. The van der Waals surface area contributed by atoms with Gasteiger partial charge >= 0.3 is 0 Å². The summed E-state index contributed by atoms with van der Waals surface area (Å²) in [5, 5.41) is 12.1. The summed E-state index contributed by atoms with van der Waals surface area (Å²) in [5.74, 6) is 0.101. The molecule has 0 unspecified atom stereocenters. The minimum atomic E-state index is -0.515. The van der Waals surface area contributed by atoms with Crippen LogP contribution >= 0.6 is 11.3 Å². The Hall–Kier alpha value is -1.92. The molecule has 1 amide bonds. The van der Waals surface area contributed by atoms with E-state index in [0.717, 1.165) is 30.5 Å². The molecule has 0 saturated heterocycles. The van der Waals surface area contributed by atoms with Crippen molar-refractivity contribution in [2.24, 2.45) is 23.2 Å². The number of rotatable bonds is 4. The number of carbonyl (C=O) groups is 1. The normalized spacial score (nSPS) is 31.5. The summed E-state index contributed by atoms with van der Waals surface area (Å²) in [4.78, 5) is 20.9. The van der Waals surface area contributed by atoms with E-state index in [4.69, 9.17) is 5.73 Å². The fraction of sp³-hybridized carbons (Fsp3) is 0.583. The molecule has 3 N–H and O–H groups in total. The van der Waals surface area contributed by atoms with Gasteiger partial charge in [-0.15, -0.1) is 11.3 Å². The highest BCUT2D eigenvalue weighted by molar-refractivity contribution is 7.15. The van der Waals surface area contributed by atoms with Gasteiger partial charge in [0.15, 0.2) is 5.13 Å². The largest absolute Gasteiger partial charge is 0.392 e. The fourth-order valence-electron chi connectivity index (χ4n) is 6.03. The van der Waals surface area contributed by atoms with E-state index in [2.05, 4.69) is 18.8 Å². The molecule has 0 radical (unpaired) electrons. The second-order valence-electron chi connectivity index (χ2n) is 9.67. The summed E-state index contributed by atoms with van der Waals surface area (Å²) in [5.41, 5.74) is 8.20. The Kier molecular flexibility index (Phi) is 5.66. The smallest absolute Gasteiger partial charge is 0.225 e. The molecule has 1 saturated carbocycles. The number of thiazole rings is 1. The van der Waals surface area contributed by atoms with Crippen LogP contribution in [0.1, 0.15) is 55.7 Å². The van der Waals surface area contributed by atoms with Crippen molar-refractivity contribution in [3.8, 4) is 0 Å². The van der Waals surface area contributed by atoms with Crippen molar-refractivity contribution >= 4 is 22.4 Å². The molecule has 1 aromatic carbocycles. The Bertz CT molecular complexity index is 914. The van der Waals surface area contributed by atoms with Crippen molar-refractivity contribution in [2.75, 3.05) is 12.8 Å². The van der Waals surface area contributed by atoms with Crippen LogP contribution in [0.2, 0.25) is 0 Å². The number of benzene rings is 1. The first-order valence-corrected chi connectivity index (χ1v) is 11.7. The number of aliphatic hydroxyl groups excluding tert-OH is 1. The molecule has 6 heteroatoms. The fourth-order valence-corrected chi connectivity index (χ4v) is 7.17. The maximum atomic E-state index is 13.2. The number of anilines is 1. The standard InChI is InChI=1S/C24H33N3O2S/c1-14(22(29)27(4)13-16-8-6-5-7-9-16)17-10-11-24(3)12-18-20(26-23(25)30-18)15(2)19(24)21(17)28/h5-9,14-15,17,19,21,28H,10-13H2,1-4H3,(H2,25,26)/t14-,15-,17+,19+,21-,24-/m0/s1. The molecule has 0 spiro atoms. The van der Waals surface area contributed by atoms with Crippen molar-refractivity contribution in [3.63, 3.8) is 0 Å². The van der Waals surface area contributed by atoms with E-state index >= 15 is 0 Å². The van der Waals surface area contributed by atoms with Gasteiger partial charge in [-0.2, -0.15) is 0 Å². The first-order chi connectivity index (χ1) is 14.2. The predicted octanol–water partition coefficient (Wildman–Crippen LogP) is 4.07. The minimum absolute atomic E-state index is 0.0278. The maximum absolute atomic E-state index is 13.2. The third-order valence-electron chi connectivity index (χ3n) is 7.61. The number of aliphatic hydroxyl groups is 1. The number of fused-ring (bicyclic) bond motifs is 2. The van der Waals surface area contributed by atoms with Gasteiger partial charge < -0.3 is 15.7 Å². The first kappa shape index (κ1) is 21.3. The quantitative estimate of drug-likeness (QED) is 0.771. The molecule has 2 aliphatic carbocycles. The SMILES string of the molecule is C[C@H](C(=O)N(C)Cc1ccccc1)[C@H]1CC[C@@]2(C)Cc3sc(N)nc3[C@@H](C)[C@@H]2[C@H]1O. The predicted molar refractivity (Wildman–Crippen MR) is 121 cm³/mol. The molecule has 2 aliphatic rings. The molecule has 30 heavy (non-hydrogen) atoms. The van der Waals surface area contributed by atoms with E-state index in [-0.39, 0.29) is 35.0 Å². The van der Waals surface area contributed by atoms with Gasteiger partial charge in [0.2, 0.25) is 5.91 Å². The van der Waals surface area contributed by atoms with Crippen LogP contribution in [-0.4, -0.2) is 34.0 Å². The second-order valence-corrected chi connectivity index (χ2v) is 10.8. The van der Waals surface area contributed by atoms with Crippen molar-refractivity contribution in [3.05, 3.63) is 46.5 Å². The third-order valence-corrected chi connectivity index (χ3v) is 8.51. The number of nitrogens with two attached hydrogens (primary N) is 1. The van der Waals surface area contributed by atoms with Crippen molar-refractivity contribution in [2.45, 2.75) is 58.6 Å². The van der Waals surface area contributed by atoms with Crippen molar-refractivity contribution in [1.29, 1.82) is 0 Å². The lowest BCUT2D eigenvalue weighted by molar-refractivity contribution is -0.144. The van der Waals surface area contributed by atoms with E-state index < -0.39 is 6.10 Å². The summed E-state index contributed by atoms with van der Waals surface area (Å²) in [7, 11) is 1.86. The summed E-state index contributed by atoms with van der Waals surface area (Å²) in [6, 6.07) is 10.0. The lowest BCUT2D eigenvalue weighted by atomic mass is 9.53. The molecule has 162 valence electrons. The van der Waals surface area contributed by atoms with Gasteiger partial charge in [-0.25, -0.2) is 4.98 Å². The van der Waals surface area contributed by atoms with Gasteiger partial charge in [-0.3, -0.25) is 4.79 Å². The van der Waals surface area contributed by atoms with Crippen LogP contribution in [0.5, 0.6) is 0 Å². The van der Waals surface area contributed by atoms with Crippen molar-refractivity contribution < 1.29 is 9.90 Å². The van der Waals surface area contributed by atoms with Gasteiger partial charge in [0, 0.05) is 30.3 Å². The zero-order chi connectivity index (χ0) is 21.6. The molecule has 1 aromatic heterocycles. The summed E-state index contributed by atoms with van der Waals surface area (Å²) in [6.07, 6.45) is 2.29. The van der Waals surface area contributed by atoms with E-state index in [1.165, 1.54) is 4.88 Å². The average Bonchev–Trinajstić information content (AvgIpc) is 3.07. The Balaban J connectivity index is 1.51. The van der Waals surface area contributed by atoms with E-state index in [1.807, 2.05) is 44.3 Å². The first-order valence-electron chi connectivity index (χ1n) is 10.9. The van der Waals surface area contributed by atoms with Crippen LogP contribution < -0.4 is 5.73 Å². The molecule has 0 aliphatic heterocycles. The van der Waals surface area contributed by atoms with Crippen LogP contribution in [0.4, 0.5) is 5.13 Å². The molecule has 6 atom stereocenters. The monoisotopic (exact) mass is 427 g/mol. The van der Waals surface area contributed by atoms with Gasteiger partial charge in [0.1, 0.15) is 0 Å². The summed E-state index contributed by atoms with van der Waals surface area (Å²) < 4.78 is 0. The highest BCUT2D eigenvalue weighted by Crippen LogP contribution is 2.57. The number of hydrogen-bond donors (Lipinski definition) is 2. The Morgan fingerprint density at radius 2 is 2.10 bits per heavy atom. The number of amides is 1. The van der Waals surface area contributed by atoms with Gasteiger partial charge in [-0.1, -0.05) is 51.1 Å². The Morgan fingerprint density at radius 1 is 1.40 bits per heavy atom. The number of aromatic nitrogens is 1. The number of carbonyl (C=O) groups excluding carboxylic acids is 1. The van der Waals surface area contributed by atoms with Crippen LogP contribution in [0.25, 0.3) is 0 Å². The van der Waals surface area contributed by atoms with Crippen LogP contribution in [0.3, 0.4) is 0 Å². The number of nitrogens with zero attached hydrogens (tertiary/aromatic N) is 2.